The summed E-state index contributed by atoms with van der Waals surface area (Å²) in [6, 6.07) is 23.5. The van der Waals surface area contributed by atoms with Crippen LogP contribution in [-0.4, -0.2) is 17.6 Å². The molecular formula is C26H24N2O2S. The van der Waals surface area contributed by atoms with Gasteiger partial charge in [-0.2, -0.15) is 0 Å². The van der Waals surface area contributed by atoms with Gasteiger partial charge in [-0.15, -0.1) is 11.8 Å². The van der Waals surface area contributed by atoms with Crippen molar-refractivity contribution in [3.63, 3.8) is 0 Å². The predicted molar refractivity (Wildman–Crippen MR) is 129 cm³/mol. The van der Waals surface area contributed by atoms with Gasteiger partial charge in [0, 0.05) is 17.5 Å². The van der Waals surface area contributed by atoms with Gasteiger partial charge in [0.2, 0.25) is 11.8 Å². The molecule has 0 saturated carbocycles. The second-order valence-corrected chi connectivity index (χ2v) is 8.62. The molecule has 0 aliphatic carbocycles. The Kier molecular flexibility index (Phi) is 6.23. The first-order valence-corrected chi connectivity index (χ1v) is 11.2. The predicted octanol–water partition coefficient (Wildman–Crippen LogP) is 5.73. The van der Waals surface area contributed by atoms with Gasteiger partial charge in [0.1, 0.15) is 5.37 Å². The number of carbonyl (C=O) groups is 2. The molecule has 0 radical (unpaired) electrons. The maximum atomic E-state index is 12.7. The molecule has 1 N–H and O–H groups in total. The molecule has 1 saturated heterocycles. The summed E-state index contributed by atoms with van der Waals surface area (Å²) in [5.74, 6) is 0.342. The summed E-state index contributed by atoms with van der Waals surface area (Å²) in [7, 11) is 0. The molecule has 3 aromatic carbocycles. The third-order valence-electron chi connectivity index (χ3n) is 5.30. The molecule has 1 atom stereocenters. The Balaban J connectivity index is 1.53. The molecule has 5 heteroatoms. The number of amides is 2. The summed E-state index contributed by atoms with van der Waals surface area (Å²) >= 11 is 1.60. The third-order valence-corrected chi connectivity index (χ3v) is 6.51. The Morgan fingerprint density at radius 2 is 1.81 bits per heavy atom. The summed E-state index contributed by atoms with van der Waals surface area (Å²) in [4.78, 5) is 26.9. The van der Waals surface area contributed by atoms with Crippen molar-refractivity contribution in [3.8, 4) is 0 Å². The second kappa shape index (κ2) is 9.23. The van der Waals surface area contributed by atoms with Crippen LogP contribution in [0.2, 0.25) is 0 Å². The van der Waals surface area contributed by atoms with Gasteiger partial charge in [-0.1, -0.05) is 48.5 Å². The van der Waals surface area contributed by atoms with Crippen molar-refractivity contribution in [1.82, 2.24) is 0 Å². The maximum Gasteiger partial charge on any atom is 0.248 e. The molecule has 1 heterocycles. The van der Waals surface area contributed by atoms with Crippen LogP contribution in [0.15, 0.2) is 78.9 Å². The number of hydrogen-bond acceptors (Lipinski definition) is 3. The minimum absolute atomic E-state index is 0.0958. The molecular weight excluding hydrogens is 404 g/mol. The Morgan fingerprint density at radius 3 is 2.58 bits per heavy atom. The van der Waals surface area contributed by atoms with Gasteiger partial charge in [0.25, 0.3) is 0 Å². The van der Waals surface area contributed by atoms with Crippen molar-refractivity contribution in [3.05, 3.63) is 101 Å². The molecule has 1 aliphatic rings. The van der Waals surface area contributed by atoms with E-state index in [0.29, 0.717) is 11.4 Å². The molecule has 0 bridgehead atoms. The van der Waals surface area contributed by atoms with Gasteiger partial charge in [0.15, 0.2) is 0 Å². The number of thioether (sulfide) groups is 1. The Hall–Kier alpha value is -3.31. The molecule has 1 aliphatic heterocycles. The van der Waals surface area contributed by atoms with E-state index in [-0.39, 0.29) is 17.2 Å². The average molecular weight is 429 g/mol. The number of carbonyl (C=O) groups excluding carboxylic acids is 2. The number of anilines is 2. The highest BCUT2D eigenvalue weighted by Crippen LogP contribution is 2.42. The Labute approximate surface area is 187 Å². The fourth-order valence-corrected chi connectivity index (χ4v) is 4.68. The van der Waals surface area contributed by atoms with Crippen LogP contribution in [0.5, 0.6) is 0 Å². The van der Waals surface area contributed by atoms with Gasteiger partial charge in [-0.25, -0.2) is 0 Å². The van der Waals surface area contributed by atoms with E-state index >= 15 is 0 Å². The van der Waals surface area contributed by atoms with Crippen LogP contribution in [-0.2, 0) is 9.59 Å². The normalized spacial score (nSPS) is 16.1. The zero-order valence-corrected chi connectivity index (χ0v) is 18.4. The highest BCUT2D eigenvalue weighted by Gasteiger charge is 2.34. The number of benzene rings is 3. The van der Waals surface area contributed by atoms with Crippen molar-refractivity contribution < 1.29 is 9.59 Å². The van der Waals surface area contributed by atoms with E-state index in [1.54, 1.807) is 17.8 Å². The van der Waals surface area contributed by atoms with Gasteiger partial charge >= 0.3 is 0 Å². The van der Waals surface area contributed by atoms with Gasteiger partial charge < -0.3 is 5.32 Å². The van der Waals surface area contributed by atoms with Gasteiger partial charge in [0.05, 0.1) is 5.75 Å². The van der Waals surface area contributed by atoms with Crippen LogP contribution in [0.1, 0.15) is 27.6 Å². The lowest BCUT2D eigenvalue weighted by Crippen LogP contribution is -2.28. The summed E-state index contributed by atoms with van der Waals surface area (Å²) in [5.41, 5.74) is 5.93. The van der Waals surface area contributed by atoms with Crippen LogP contribution in [0.4, 0.5) is 11.4 Å². The maximum absolute atomic E-state index is 12.7. The van der Waals surface area contributed by atoms with E-state index in [1.807, 2.05) is 71.6 Å². The molecule has 4 nitrogen and oxygen atoms in total. The first-order chi connectivity index (χ1) is 15.0. The monoisotopic (exact) mass is 428 g/mol. The SMILES string of the molecule is Cc1ccc(N2C(=O)CSC2c2cccc(NC(=O)/C=C/c3ccccc3)c2)cc1C. The Morgan fingerprint density at radius 1 is 1.00 bits per heavy atom. The lowest BCUT2D eigenvalue weighted by atomic mass is 10.1. The summed E-state index contributed by atoms with van der Waals surface area (Å²) < 4.78 is 0. The van der Waals surface area contributed by atoms with Crippen molar-refractivity contribution in [2.24, 2.45) is 0 Å². The van der Waals surface area contributed by atoms with Crippen LogP contribution in [0, 0.1) is 13.8 Å². The van der Waals surface area contributed by atoms with Crippen molar-refractivity contribution in [2.75, 3.05) is 16.0 Å². The first-order valence-electron chi connectivity index (χ1n) is 10.2. The summed E-state index contributed by atoms with van der Waals surface area (Å²) in [6.45, 7) is 4.12. The molecule has 4 rings (SSSR count). The number of nitrogens with one attached hydrogen (secondary N) is 1. The van der Waals surface area contributed by atoms with Gasteiger partial charge in [-0.3, -0.25) is 14.5 Å². The minimum Gasteiger partial charge on any atom is -0.323 e. The van der Waals surface area contributed by atoms with Gasteiger partial charge in [-0.05, 0) is 66.4 Å². The number of aryl methyl sites for hydroxylation is 2. The molecule has 3 aromatic rings. The highest BCUT2D eigenvalue weighted by molar-refractivity contribution is 8.00. The average Bonchev–Trinajstić information content (AvgIpc) is 3.16. The second-order valence-electron chi connectivity index (χ2n) is 7.55. The molecule has 2 amide bonds. The zero-order chi connectivity index (χ0) is 21.8. The van der Waals surface area contributed by atoms with Crippen molar-refractivity contribution in [1.29, 1.82) is 0 Å². The smallest absolute Gasteiger partial charge is 0.248 e. The number of nitrogens with zero attached hydrogens (tertiary/aromatic N) is 1. The van der Waals surface area contributed by atoms with E-state index in [1.165, 1.54) is 11.6 Å². The van der Waals surface area contributed by atoms with Crippen LogP contribution in [0.25, 0.3) is 6.08 Å². The van der Waals surface area contributed by atoms with Crippen LogP contribution in [0.3, 0.4) is 0 Å². The topological polar surface area (TPSA) is 49.4 Å². The van der Waals surface area contributed by atoms with Crippen molar-refractivity contribution in [2.45, 2.75) is 19.2 Å². The number of hydrogen-bond donors (Lipinski definition) is 1. The lowest BCUT2D eigenvalue weighted by molar-refractivity contribution is -0.116. The molecule has 1 fully saturated rings. The summed E-state index contributed by atoms with van der Waals surface area (Å²) in [6.07, 6.45) is 3.31. The quantitative estimate of drug-likeness (QED) is 0.528. The van der Waals surface area contributed by atoms with E-state index in [4.69, 9.17) is 0 Å². The minimum atomic E-state index is -0.192. The Bertz CT molecular complexity index is 1140. The van der Waals surface area contributed by atoms with E-state index in [0.717, 1.165) is 22.4 Å². The molecule has 1 unspecified atom stereocenters. The lowest BCUT2D eigenvalue weighted by Gasteiger charge is -2.25. The summed E-state index contributed by atoms with van der Waals surface area (Å²) in [5, 5.41) is 2.80. The third kappa shape index (κ3) is 4.89. The molecule has 0 aromatic heterocycles. The molecule has 31 heavy (non-hydrogen) atoms. The van der Waals surface area contributed by atoms with E-state index in [9.17, 15) is 9.59 Å². The van der Waals surface area contributed by atoms with Crippen molar-refractivity contribution >= 4 is 41.0 Å². The van der Waals surface area contributed by atoms with E-state index in [2.05, 4.69) is 25.2 Å². The van der Waals surface area contributed by atoms with E-state index < -0.39 is 0 Å². The first kappa shape index (κ1) is 20.9. The number of rotatable bonds is 5. The molecule has 0 spiro atoms. The van der Waals surface area contributed by atoms with Crippen LogP contribution < -0.4 is 10.2 Å². The fourth-order valence-electron chi connectivity index (χ4n) is 3.52. The molecule has 156 valence electrons. The largest absolute Gasteiger partial charge is 0.323 e. The zero-order valence-electron chi connectivity index (χ0n) is 17.5. The fraction of sp³-hybridized carbons (Fsp3) is 0.154. The van der Waals surface area contributed by atoms with Crippen LogP contribution >= 0.6 is 11.8 Å². The standard InChI is InChI=1S/C26H24N2O2S/c1-18-11-13-23(15-19(18)2)28-25(30)17-31-26(28)21-9-6-10-22(16-21)27-24(29)14-12-20-7-4-3-5-8-20/h3-16,26H,17H2,1-2H3,(H,27,29)/b14-12+. The highest BCUT2D eigenvalue weighted by atomic mass is 32.2.